The average molecular weight is 493 g/mol. The van der Waals surface area contributed by atoms with E-state index in [1.165, 1.54) is 61.2 Å². The van der Waals surface area contributed by atoms with Crippen molar-refractivity contribution in [3.05, 3.63) is 47.3 Å². The largest absolute Gasteiger partial charge is 0.339 e. The van der Waals surface area contributed by atoms with Crippen molar-refractivity contribution >= 4 is 41.4 Å². The standard InChI is InChI=1S/C26H36N2OS2.ClH/c1-25(2)24(29)27-26(3,31-25)23(28-17-9-4-10-18-28)16-8-6-13-20-12-5-7-14-21(20)22-15-11-19-30-22;/h5,7,11-12,14-15,19,23H,4,6,8-10,13,16-18H2,1-3H3,(H,27,29);1H. The summed E-state index contributed by atoms with van der Waals surface area (Å²) in [5.41, 5.74) is 2.84. The number of unbranched alkanes of at least 4 members (excludes halogenated alkanes) is 1. The van der Waals surface area contributed by atoms with Crippen molar-refractivity contribution in [2.75, 3.05) is 13.1 Å². The number of aryl methyl sites for hydroxylation is 1. The van der Waals surface area contributed by atoms with Gasteiger partial charge in [-0.05, 0) is 88.5 Å². The van der Waals surface area contributed by atoms with Crippen LogP contribution in [0.2, 0.25) is 0 Å². The first-order valence-corrected chi connectivity index (χ1v) is 13.5. The molecule has 0 saturated carbocycles. The predicted octanol–water partition coefficient (Wildman–Crippen LogP) is 6.76. The summed E-state index contributed by atoms with van der Waals surface area (Å²) < 4.78 is -0.345. The maximum Gasteiger partial charge on any atom is 0.236 e. The van der Waals surface area contributed by atoms with Crippen molar-refractivity contribution in [2.24, 2.45) is 0 Å². The molecule has 0 radical (unpaired) electrons. The van der Waals surface area contributed by atoms with Crippen LogP contribution in [0.4, 0.5) is 0 Å². The van der Waals surface area contributed by atoms with E-state index in [1.54, 1.807) is 0 Å². The molecule has 6 heteroatoms. The molecule has 2 fully saturated rings. The lowest BCUT2D eigenvalue weighted by Crippen LogP contribution is -2.56. The summed E-state index contributed by atoms with van der Waals surface area (Å²) in [5.74, 6) is 0.187. The normalized spacial score (nSPS) is 24.0. The molecule has 2 aliphatic rings. The molecule has 2 aromatic rings. The molecule has 2 unspecified atom stereocenters. The van der Waals surface area contributed by atoms with Crippen LogP contribution < -0.4 is 5.32 Å². The van der Waals surface area contributed by atoms with Crippen molar-refractivity contribution in [3.63, 3.8) is 0 Å². The van der Waals surface area contributed by atoms with Gasteiger partial charge >= 0.3 is 0 Å². The van der Waals surface area contributed by atoms with Crippen molar-refractivity contribution in [3.8, 4) is 10.4 Å². The Morgan fingerprint density at radius 1 is 1.03 bits per heavy atom. The van der Waals surface area contributed by atoms with E-state index in [-0.39, 0.29) is 27.9 Å². The number of carbonyl (C=O) groups excluding carboxylic acids is 1. The SMILES string of the molecule is CC1(C)SC(C)(C(CCCCc2ccccc2-c2cccs2)N2CCCCC2)NC1=O.Cl. The highest BCUT2D eigenvalue weighted by atomic mass is 35.5. The summed E-state index contributed by atoms with van der Waals surface area (Å²) >= 11 is 3.65. The highest BCUT2D eigenvalue weighted by Gasteiger charge is 2.52. The second kappa shape index (κ2) is 10.9. The number of nitrogens with one attached hydrogen (secondary N) is 1. The van der Waals surface area contributed by atoms with Gasteiger partial charge in [-0.1, -0.05) is 43.2 Å². The molecule has 1 aromatic heterocycles. The number of hydrogen-bond donors (Lipinski definition) is 1. The fourth-order valence-electron chi connectivity index (χ4n) is 5.23. The lowest BCUT2D eigenvalue weighted by Gasteiger charge is -2.43. The van der Waals surface area contributed by atoms with Crippen LogP contribution in [0.1, 0.15) is 64.9 Å². The molecule has 1 aromatic carbocycles. The maximum absolute atomic E-state index is 12.6. The van der Waals surface area contributed by atoms with Gasteiger partial charge in [0, 0.05) is 10.9 Å². The molecule has 2 saturated heterocycles. The number of carbonyl (C=O) groups is 1. The number of amides is 1. The molecule has 1 N–H and O–H groups in total. The van der Waals surface area contributed by atoms with Gasteiger partial charge in [-0.2, -0.15) is 0 Å². The Balaban J connectivity index is 0.00000289. The summed E-state index contributed by atoms with van der Waals surface area (Å²) in [6.07, 6.45) is 8.52. The van der Waals surface area contributed by atoms with E-state index in [9.17, 15) is 4.79 Å². The summed E-state index contributed by atoms with van der Waals surface area (Å²) in [7, 11) is 0. The number of piperidine rings is 1. The molecule has 2 aliphatic heterocycles. The van der Waals surface area contributed by atoms with E-state index in [1.807, 2.05) is 23.1 Å². The summed E-state index contributed by atoms with van der Waals surface area (Å²) in [6, 6.07) is 13.6. The average Bonchev–Trinajstić information content (AvgIpc) is 3.35. The monoisotopic (exact) mass is 492 g/mol. The van der Waals surface area contributed by atoms with E-state index in [2.05, 4.69) is 72.8 Å². The van der Waals surface area contributed by atoms with Crippen LogP contribution in [0.15, 0.2) is 41.8 Å². The highest BCUT2D eigenvalue weighted by Crippen LogP contribution is 2.46. The van der Waals surface area contributed by atoms with Gasteiger partial charge in [-0.15, -0.1) is 35.5 Å². The number of thioether (sulfide) groups is 1. The van der Waals surface area contributed by atoms with E-state index < -0.39 is 0 Å². The molecular formula is C26H37ClN2OS2. The van der Waals surface area contributed by atoms with Gasteiger partial charge < -0.3 is 5.32 Å². The van der Waals surface area contributed by atoms with E-state index >= 15 is 0 Å². The van der Waals surface area contributed by atoms with Crippen molar-refractivity contribution in [2.45, 2.75) is 81.4 Å². The van der Waals surface area contributed by atoms with Gasteiger partial charge in [0.15, 0.2) is 0 Å². The minimum atomic E-state index is -0.345. The van der Waals surface area contributed by atoms with Gasteiger partial charge in [0.1, 0.15) is 0 Å². The molecule has 0 spiro atoms. The summed E-state index contributed by atoms with van der Waals surface area (Å²) in [4.78, 5) is 16.4. The van der Waals surface area contributed by atoms with Crippen LogP contribution in [0.5, 0.6) is 0 Å². The number of nitrogens with zero attached hydrogens (tertiary/aromatic N) is 1. The molecule has 176 valence electrons. The minimum absolute atomic E-state index is 0. The molecular weight excluding hydrogens is 456 g/mol. The Bertz CT molecular complexity index is 880. The van der Waals surface area contributed by atoms with Crippen LogP contribution >= 0.6 is 35.5 Å². The topological polar surface area (TPSA) is 32.3 Å². The lowest BCUT2D eigenvalue weighted by atomic mass is 9.95. The maximum atomic E-state index is 12.6. The third kappa shape index (κ3) is 5.72. The molecule has 2 atom stereocenters. The van der Waals surface area contributed by atoms with Crippen molar-refractivity contribution < 1.29 is 4.79 Å². The minimum Gasteiger partial charge on any atom is -0.339 e. The summed E-state index contributed by atoms with van der Waals surface area (Å²) in [6.45, 7) is 8.71. The zero-order chi connectivity index (χ0) is 21.9. The van der Waals surface area contributed by atoms with E-state index in [0.717, 1.165) is 12.8 Å². The molecule has 4 rings (SSSR count). The van der Waals surface area contributed by atoms with Gasteiger partial charge in [-0.3, -0.25) is 9.69 Å². The van der Waals surface area contributed by atoms with Crippen molar-refractivity contribution in [1.29, 1.82) is 0 Å². The quantitative estimate of drug-likeness (QED) is 0.413. The van der Waals surface area contributed by atoms with Crippen LogP contribution in [0, 0.1) is 0 Å². The first-order chi connectivity index (χ1) is 14.9. The Morgan fingerprint density at radius 3 is 2.44 bits per heavy atom. The zero-order valence-corrected chi connectivity index (χ0v) is 22.0. The third-order valence-corrected chi connectivity index (χ3v) is 9.22. The Kier molecular flexibility index (Phi) is 8.76. The smallest absolute Gasteiger partial charge is 0.236 e. The van der Waals surface area contributed by atoms with Gasteiger partial charge in [0.25, 0.3) is 0 Å². The van der Waals surface area contributed by atoms with E-state index in [4.69, 9.17) is 0 Å². The molecule has 32 heavy (non-hydrogen) atoms. The fraction of sp³-hybridized carbons (Fsp3) is 0.577. The number of benzene rings is 1. The van der Waals surface area contributed by atoms with Crippen LogP contribution in [0.25, 0.3) is 10.4 Å². The van der Waals surface area contributed by atoms with Crippen molar-refractivity contribution in [1.82, 2.24) is 10.2 Å². The Morgan fingerprint density at radius 2 is 1.78 bits per heavy atom. The molecule has 0 aliphatic carbocycles. The Hall–Kier alpha value is -1.01. The van der Waals surface area contributed by atoms with Crippen LogP contribution in [-0.4, -0.2) is 39.6 Å². The second-order valence-corrected chi connectivity index (χ2v) is 12.7. The Labute approximate surface area is 208 Å². The van der Waals surface area contributed by atoms with Gasteiger partial charge in [-0.25, -0.2) is 0 Å². The first kappa shape index (κ1) is 25.6. The molecule has 3 heterocycles. The van der Waals surface area contributed by atoms with E-state index in [0.29, 0.717) is 6.04 Å². The molecule has 1 amide bonds. The lowest BCUT2D eigenvalue weighted by molar-refractivity contribution is -0.123. The predicted molar refractivity (Wildman–Crippen MR) is 142 cm³/mol. The van der Waals surface area contributed by atoms with Crippen LogP contribution in [0.3, 0.4) is 0 Å². The molecule has 0 bridgehead atoms. The zero-order valence-electron chi connectivity index (χ0n) is 19.6. The number of thiophene rings is 1. The number of rotatable bonds is 8. The second-order valence-electron chi connectivity index (χ2n) is 9.67. The first-order valence-electron chi connectivity index (χ1n) is 11.8. The van der Waals surface area contributed by atoms with Gasteiger partial charge in [0.2, 0.25) is 5.91 Å². The number of halogens is 1. The number of likely N-dealkylation sites (tertiary alicyclic amines) is 1. The third-order valence-electron chi connectivity index (χ3n) is 6.82. The van der Waals surface area contributed by atoms with Gasteiger partial charge in [0.05, 0.1) is 9.62 Å². The number of hydrogen-bond acceptors (Lipinski definition) is 4. The highest BCUT2D eigenvalue weighted by molar-refractivity contribution is 8.03. The summed E-state index contributed by atoms with van der Waals surface area (Å²) in [5, 5.41) is 5.55. The van der Waals surface area contributed by atoms with Crippen LogP contribution in [-0.2, 0) is 11.2 Å². The fourth-order valence-corrected chi connectivity index (χ4v) is 7.77. The molecule has 3 nitrogen and oxygen atoms in total.